The largest absolute Gasteiger partial charge is 0.497 e. The maximum absolute atomic E-state index is 12.7. The fraction of sp³-hybridized carbons (Fsp3) is 0.143. The van der Waals surface area contributed by atoms with Crippen LogP contribution in [0.5, 0.6) is 5.75 Å². The van der Waals surface area contributed by atoms with Crippen LogP contribution in [0.15, 0.2) is 77.3 Å². The van der Waals surface area contributed by atoms with Gasteiger partial charge in [0.25, 0.3) is 0 Å². The lowest BCUT2D eigenvalue weighted by atomic mass is 10.1. The summed E-state index contributed by atoms with van der Waals surface area (Å²) >= 11 is 2.91. The van der Waals surface area contributed by atoms with Gasteiger partial charge in [-0.15, -0.1) is 16.4 Å². The molecule has 2 heterocycles. The number of hydrogen-bond acceptors (Lipinski definition) is 7. The van der Waals surface area contributed by atoms with Crippen molar-refractivity contribution in [1.82, 2.24) is 25.5 Å². The van der Waals surface area contributed by atoms with E-state index in [1.807, 2.05) is 72.1 Å². The number of nitrogens with one attached hydrogen (secondary N) is 1. The zero-order valence-corrected chi connectivity index (χ0v) is 17.8. The first kappa shape index (κ1) is 20.1. The minimum absolute atomic E-state index is 0.0912. The van der Waals surface area contributed by atoms with Crippen molar-refractivity contribution in [1.29, 1.82) is 0 Å². The molecule has 1 amide bonds. The van der Waals surface area contributed by atoms with Crippen LogP contribution in [-0.4, -0.2) is 39.0 Å². The number of tetrazole rings is 1. The molecular weight excluding hydrogens is 418 g/mol. The van der Waals surface area contributed by atoms with Crippen LogP contribution in [0, 0.1) is 0 Å². The van der Waals surface area contributed by atoms with E-state index in [2.05, 4.69) is 20.8 Å². The SMILES string of the molecule is COc1ccc(-n2nnnc2SCC(=O)N[C@H](c2ccccc2)c2cccs2)cc1. The van der Waals surface area contributed by atoms with Crippen molar-refractivity contribution >= 4 is 29.0 Å². The van der Waals surface area contributed by atoms with E-state index in [0.717, 1.165) is 21.9 Å². The lowest BCUT2D eigenvalue weighted by Gasteiger charge is -2.18. The van der Waals surface area contributed by atoms with Gasteiger partial charge in [0.15, 0.2) is 0 Å². The van der Waals surface area contributed by atoms with Crippen LogP contribution >= 0.6 is 23.1 Å². The molecule has 4 rings (SSSR count). The molecule has 0 fully saturated rings. The topological polar surface area (TPSA) is 81.9 Å². The van der Waals surface area contributed by atoms with Gasteiger partial charge < -0.3 is 10.1 Å². The van der Waals surface area contributed by atoms with Gasteiger partial charge in [0.2, 0.25) is 11.1 Å². The molecule has 0 saturated carbocycles. The third-order valence-corrected chi connectivity index (χ3v) is 6.21. The van der Waals surface area contributed by atoms with Crippen LogP contribution in [0.1, 0.15) is 16.5 Å². The van der Waals surface area contributed by atoms with Gasteiger partial charge >= 0.3 is 0 Å². The predicted molar refractivity (Wildman–Crippen MR) is 117 cm³/mol. The molecule has 4 aromatic rings. The van der Waals surface area contributed by atoms with E-state index in [0.29, 0.717) is 5.16 Å². The lowest BCUT2D eigenvalue weighted by Crippen LogP contribution is -2.30. The first-order valence-corrected chi connectivity index (χ1v) is 11.0. The van der Waals surface area contributed by atoms with E-state index in [1.165, 1.54) is 11.8 Å². The van der Waals surface area contributed by atoms with Crippen molar-refractivity contribution in [2.24, 2.45) is 0 Å². The van der Waals surface area contributed by atoms with Crippen LogP contribution in [-0.2, 0) is 4.79 Å². The van der Waals surface area contributed by atoms with Crippen molar-refractivity contribution in [2.45, 2.75) is 11.2 Å². The van der Waals surface area contributed by atoms with E-state index >= 15 is 0 Å². The number of ether oxygens (including phenoxy) is 1. The molecule has 0 aliphatic carbocycles. The van der Waals surface area contributed by atoms with Gasteiger partial charge in [-0.2, -0.15) is 4.68 Å². The Kier molecular flexibility index (Phi) is 6.41. The molecule has 0 bridgehead atoms. The summed E-state index contributed by atoms with van der Waals surface area (Å²) in [5.41, 5.74) is 1.84. The number of carbonyl (C=O) groups is 1. The molecule has 1 atom stereocenters. The van der Waals surface area contributed by atoms with Gasteiger partial charge in [-0.25, -0.2) is 0 Å². The second-order valence-corrected chi connectivity index (χ2v) is 8.21. The highest BCUT2D eigenvalue weighted by Gasteiger charge is 2.19. The zero-order valence-electron chi connectivity index (χ0n) is 16.1. The van der Waals surface area contributed by atoms with Crippen LogP contribution in [0.4, 0.5) is 0 Å². The van der Waals surface area contributed by atoms with Crippen LogP contribution in [0.2, 0.25) is 0 Å². The maximum atomic E-state index is 12.7. The molecule has 2 aromatic carbocycles. The maximum Gasteiger partial charge on any atom is 0.231 e. The Bertz CT molecular complexity index is 1080. The van der Waals surface area contributed by atoms with Crippen molar-refractivity contribution in [3.63, 3.8) is 0 Å². The zero-order chi connectivity index (χ0) is 20.8. The average molecular weight is 438 g/mol. The highest BCUT2D eigenvalue weighted by atomic mass is 32.2. The molecule has 9 heteroatoms. The summed E-state index contributed by atoms with van der Waals surface area (Å²) in [6.07, 6.45) is 0. The Balaban J connectivity index is 1.44. The van der Waals surface area contributed by atoms with Gasteiger partial charge in [-0.3, -0.25) is 4.79 Å². The van der Waals surface area contributed by atoms with E-state index in [9.17, 15) is 4.79 Å². The first-order valence-electron chi connectivity index (χ1n) is 9.18. The number of benzene rings is 2. The average Bonchev–Trinajstić information content (AvgIpc) is 3.49. The minimum Gasteiger partial charge on any atom is -0.497 e. The highest BCUT2D eigenvalue weighted by molar-refractivity contribution is 7.99. The predicted octanol–water partition coefficient (Wildman–Crippen LogP) is 3.73. The molecule has 0 radical (unpaired) electrons. The summed E-state index contributed by atoms with van der Waals surface area (Å²) in [5.74, 6) is 0.859. The molecule has 30 heavy (non-hydrogen) atoms. The Labute approximate surface area is 182 Å². The van der Waals surface area contributed by atoms with E-state index in [-0.39, 0.29) is 17.7 Å². The fourth-order valence-corrected chi connectivity index (χ4v) is 4.41. The molecule has 0 spiro atoms. The summed E-state index contributed by atoms with van der Waals surface area (Å²) in [5, 5.41) is 17.5. The molecule has 7 nitrogen and oxygen atoms in total. The Morgan fingerprint density at radius 2 is 1.93 bits per heavy atom. The number of methoxy groups -OCH3 is 1. The summed E-state index contributed by atoms with van der Waals surface area (Å²) in [6.45, 7) is 0. The monoisotopic (exact) mass is 437 g/mol. The number of aromatic nitrogens is 4. The van der Waals surface area contributed by atoms with Gasteiger partial charge in [-0.05, 0) is 51.7 Å². The second kappa shape index (κ2) is 9.55. The Hall–Kier alpha value is -3.17. The molecule has 152 valence electrons. The second-order valence-electron chi connectivity index (χ2n) is 6.29. The Morgan fingerprint density at radius 1 is 1.13 bits per heavy atom. The van der Waals surface area contributed by atoms with Gasteiger partial charge in [0, 0.05) is 4.88 Å². The Morgan fingerprint density at radius 3 is 2.63 bits per heavy atom. The minimum atomic E-state index is -0.183. The molecule has 0 saturated heterocycles. The van der Waals surface area contributed by atoms with Crippen molar-refractivity contribution in [3.05, 3.63) is 82.6 Å². The molecule has 1 N–H and O–H groups in total. The summed E-state index contributed by atoms with van der Waals surface area (Å²) in [7, 11) is 1.62. The highest BCUT2D eigenvalue weighted by Crippen LogP contribution is 2.26. The van der Waals surface area contributed by atoms with E-state index in [1.54, 1.807) is 23.1 Å². The number of thioether (sulfide) groups is 1. The molecule has 0 unspecified atom stereocenters. The van der Waals surface area contributed by atoms with Gasteiger partial charge in [0.05, 0.1) is 24.6 Å². The molecular formula is C21H19N5O2S2. The van der Waals surface area contributed by atoms with Gasteiger partial charge in [0.1, 0.15) is 5.75 Å². The fourth-order valence-electron chi connectivity index (χ4n) is 2.91. The number of hydrogen-bond donors (Lipinski definition) is 1. The number of thiophene rings is 1. The van der Waals surface area contributed by atoms with E-state index < -0.39 is 0 Å². The number of carbonyl (C=O) groups excluding carboxylic acids is 1. The van der Waals surface area contributed by atoms with Gasteiger partial charge in [-0.1, -0.05) is 48.2 Å². The number of nitrogens with zero attached hydrogens (tertiary/aromatic N) is 4. The van der Waals surface area contributed by atoms with Crippen molar-refractivity contribution < 1.29 is 9.53 Å². The quantitative estimate of drug-likeness (QED) is 0.423. The number of rotatable bonds is 8. The lowest BCUT2D eigenvalue weighted by molar-refractivity contribution is -0.119. The van der Waals surface area contributed by atoms with Crippen molar-refractivity contribution in [3.8, 4) is 11.4 Å². The molecule has 0 aliphatic heterocycles. The summed E-state index contributed by atoms with van der Waals surface area (Å²) in [4.78, 5) is 13.8. The van der Waals surface area contributed by atoms with Crippen LogP contribution in [0.25, 0.3) is 5.69 Å². The smallest absolute Gasteiger partial charge is 0.231 e. The van der Waals surface area contributed by atoms with Crippen LogP contribution in [0.3, 0.4) is 0 Å². The summed E-state index contributed by atoms with van der Waals surface area (Å²) < 4.78 is 6.78. The van der Waals surface area contributed by atoms with E-state index in [4.69, 9.17) is 4.74 Å². The summed E-state index contributed by atoms with van der Waals surface area (Å²) in [6, 6.07) is 21.2. The van der Waals surface area contributed by atoms with Crippen molar-refractivity contribution in [2.75, 3.05) is 12.9 Å². The standard InChI is InChI=1S/C21H19N5O2S2/c1-28-17-11-9-16(10-12-17)26-21(23-24-25-26)30-14-19(27)22-20(18-8-5-13-29-18)15-6-3-2-4-7-15/h2-13,20H,14H2,1H3,(H,22,27)/t20-/m1/s1. The molecule has 2 aromatic heterocycles. The first-order chi connectivity index (χ1) is 14.7. The third kappa shape index (κ3) is 4.69. The van der Waals surface area contributed by atoms with Crippen LogP contribution < -0.4 is 10.1 Å². The third-order valence-electron chi connectivity index (χ3n) is 4.36. The number of amides is 1. The normalized spacial score (nSPS) is 11.8. The molecule has 0 aliphatic rings.